The molecule has 0 aromatic carbocycles. The Kier molecular flexibility index (Phi) is 14.0. The Morgan fingerprint density at radius 3 is 2.48 bits per heavy atom. The molecule has 1 aromatic heterocycles. The van der Waals surface area contributed by atoms with Crippen LogP contribution in [0.2, 0.25) is 0 Å². The van der Waals surface area contributed by atoms with Gasteiger partial charge < -0.3 is 20.4 Å². The number of unbranched alkanes of at least 4 members (excludes halogenated alkanes) is 3. The van der Waals surface area contributed by atoms with Gasteiger partial charge >= 0.3 is 5.97 Å². The third-order valence-electron chi connectivity index (χ3n) is 8.40. The molecule has 3 N–H and O–H groups in total. The van der Waals surface area contributed by atoms with E-state index in [1.807, 2.05) is 39.6 Å². The molecular weight excluding hydrogens is 528 g/mol. The Morgan fingerprint density at radius 1 is 1.20 bits per heavy atom. The number of rotatable bonds is 16. The normalized spacial score (nSPS) is 21.0. The van der Waals surface area contributed by atoms with E-state index in [1.165, 1.54) is 5.38 Å². The van der Waals surface area contributed by atoms with Crippen LogP contribution in [0.1, 0.15) is 115 Å². The fourth-order valence-electron chi connectivity index (χ4n) is 5.49. The molecule has 2 amide bonds. The molecule has 2 rings (SSSR count). The van der Waals surface area contributed by atoms with Crippen molar-refractivity contribution in [2.75, 3.05) is 20.1 Å². The summed E-state index contributed by atoms with van der Waals surface area (Å²) in [5.41, 5.74) is -0.0943. The van der Waals surface area contributed by atoms with Crippen molar-refractivity contribution in [2.45, 2.75) is 111 Å². The van der Waals surface area contributed by atoms with Gasteiger partial charge in [0.15, 0.2) is 5.69 Å². The first-order valence-electron chi connectivity index (χ1n) is 15.1. The second-order valence-corrected chi connectivity index (χ2v) is 12.9. The maximum absolute atomic E-state index is 14.4. The monoisotopic (exact) mass is 580 g/mol. The number of piperidine rings is 1. The summed E-state index contributed by atoms with van der Waals surface area (Å²) in [6.07, 6.45) is 5.69. The number of aliphatic hydroxyl groups excluding tert-OH is 1. The molecule has 40 heavy (non-hydrogen) atoms. The second-order valence-electron chi connectivity index (χ2n) is 12.0. The molecule has 0 bridgehead atoms. The maximum atomic E-state index is 14.4. The summed E-state index contributed by atoms with van der Waals surface area (Å²) in [5.74, 6) is -2.00. The molecule has 0 unspecified atom stereocenters. The number of hydrogen-bond acceptors (Lipinski definition) is 7. The minimum Gasteiger partial charge on any atom is -0.476 e. The number of carbonyl (C=O) groups excluding carboxylic acids is 2. The van der Waals surface area contributed by atoms with Crippen LogP contribution in [-0.2, 0) is 9.59 Å². The van der Waals surface area contributed by atoms with Crippen molar-refractivity contribution in [1.82, 2.24) is 20.1 Å². The molecule has 0 aliphatic carbocycles. The fourth-order valence-corrected chi connectivity index (χ4v) is 6.28. The highest BCUT2D eigenvalue weighted by atomic mass is 32.1. The summed E-state index contributed by atoms with van der Waals surface area (Å²) in [5, 5.41) is 25.3. The largest absolute Gasteiger partial charge is 0.476 e. The lowest BCUT2D eigenvalue weighted by molar-refractivity contribution is -0.148. The number of aromatic carboxylic acids is 1. The fraction of sp³-hybridized carbons (Fsp3) is 0.800. The number of carboxylic acid groups (broad SMARTS) is 1. The van der Waals surface area contributed by atoms with Gasteiger partial charge in [-0.3, -0.25) is 14.5 Å². The molecule has 1 aliphatic rings. The van der Waals surface area contributed by atoms with Crippen LogP contribution in [0, 0.1) is 23.7 Å². The predicted octanol–water partition coefficient (Wildman–Crippen LogP) is 5.16. The van der Waals surface area contributed by atoms with Crippen LogP contribution in [-0.4, -0.2) is 75.1 Å². The molecule has 0 spiro atoms. The van der Waals surface area contributed by atoms with Crippen LogP contribution in [0.4, 0.5) is 0 Å². The third-order valence-corrected chi connectivity index (χ3v) is 9.35. The van der Waals surface area contributed by atoms with Gasteiger partial charge in [-0.25, -0.2) is 9.78 Å². The topological polar surface area (TPSA) is 123 Å². The molecule has 1 aromatic rings. The van der Waals surface area contributed by atoms with Crippen LogP contribution in [0.25, 0.3) is 0 Å². The van der Waals surface area contributed by atoms with E-state index >= 15 is 0 Å². The smallest absolute Gasteiger partial charge is 0.355 e. The van der Waals surface area contributed by atoms with Crippen LogP contribution in [0.3, 0.4) is 0 Å². The van der Waals surface area contributed by atoms with Gasteiger partial charge in [0, 0.05) is 30.9 Å². The van der Waals surface area contributed by atoms with Crippen LogP contribution < -0.4 is 5.32 Å². The molecule has 1 fully saturated rings. The quantitative estimate of drug-likeness (QED) is 0.182. The Morgan fingerprint density at radius 2 is 1.90 bits per heavy atom. The summed E-state index contributed by atoms with van der Waals surface area (Å²) >= 11 is 1.11. The lowest BCUT2D eigenvalue weighted by atomic mass is 9.86. The van der Waals surface area contributed by atoms with Crippen molar-refractivity contribution < 1.29 is 24.6 Å². The highest BCUT2D eigenvalue weighted by Gasteiger charge is 2.40. The molecule has 6 atom stereocenters. The Hall–Kier alpha value is -2.04. The summed E-state index contributed by atoms with van der Waals surface area (Å²) in [6.45, 7) is 13.8. The van der Waals surface area contributed by atoms with Gasteiger partial charge in [0.2, 0.25) is 11.8 Å². The van der Waals surface area contributed by atoms with Crippen molar-refractivity contribution in [3.63, 3.8) is 0 Å². The SMILES string of the molecule is CCCCCCN(C(=O)[C@H](C(=O)N[C@H]1C[C@H](C)CCN1C)[C@@H](C)CC)[C@H](C[C@@H](O)c1nc(C(=O)O)cs1)C(C)C. The van der Waals surface area contributed by atoms with Gasteiger partial charge in [-0.15, -0.1) is 11.3 Å². The highest BCUT2D eigenvalue weighted by Crippen LogP contribution is 2.30. The number of aromatic nitrogens is 1. The molecule has 0 saturated carbocycles. The van der Waals surface area contributed by atoms with Crippen LogP contribution in [0.5, 0.6) is 0 Å². The standard InChI is InChI=1S/C30H52N4O5S/c1-8-10-11-12-14-34(23(19(3)4)17-24(35)28-31-22(18-40-28)30(38)39)29(37)26(21(6)9-2)27(36)32-25-16-20(5)13-15-33(25)7/h18-21,23-26,35H,8-17H2,1-7H3,(H,32,36)(H,38,39)/t20-,21+,23-,24-,25-,26+/m1/s1. The first-order chi connectivity index (χ1) is 18.9. The zero-order valence-electron chi connectivity index (χ0n) is 25.6. The van der Waals surface area contributed by atoms with Crippen molar-refractivity contribution >= 4 is 29.1 Å². The van der Waals surface area contributed by atoms with E-state index in [2.05, 4.69) is 29.0 Å². The van der Waals surface area contributed by atoms with E-state index in [-0.39, 0.29) is 48.0 Å². The number of thiazole rings is 1. The Labute approximate surface area is 244 Å². The average molecular weight is 581 g/mol. The number of carbonyl (C=O) groups is 3. The van der Waals surface area contributed by atoms with Gasteiger partial charge in [-0.05, 0) is 44.1 Å². The first-order valence-corrected chi connectivity index (χ1v) is 16.0. The van der Waals surface area contributed by atoms with Crippen molar-refractivity contribution in [3.05, 3.63) is 16.1 Å². The minimum absolute atomic E-state index is 0.00894. The summed E-state index contributed by atoms with van der Waals surface area (Å²) in [6, 6.07) is -0.335. The maximum Gasteiger partial charge on any atom is 0.355 e. The molecule has 2 heterocycles. The molecule has 228 valence electrons. The number of amides is 2. The molecular formula is C30H52N4O5S. The molecule has 1 aliphatic heterocycles. The van der Waals surface area contributed by atoms with E-state index in [1.54, 1.807) is 0 Å². The predicted molar refractivity (Wildman–Crippen MR) is 159 cm³/mol. The lowest BCUT2D eigenvalue weighted by Crippen LogP contribution is -2.56. The first kappa shape index (κ1) is 34.2. The van der Waals surface area contributed by atoms with E-state index in [4.69, 9.17) is 0 Å². The van der Waals surface area contributed by atoms with E-state index < -0.39 is 18.0 Å². The number of carboxylic acids is 1. The van der Waals surface area contributed by atoms with Crippen LogP contribution in [0.15, 0.2) is 5.38 Å². The Balaban J connectivity index is 2.35. The van der Waals surface area contributed by atoms with Crippen molar-refractivity contribution in [3.8, 4) is 0 Å². The summed E-state index contributed by atoms with van der Waals surface area (Å²) in [7, 11) is 2.02. The summed E-state index contributed by atoms with van der Waals surface area (Å²) < 4.78 is 0. The number of nitrogens with one attached hydrogen (secondary N) is 1. The van der Waals surface area contributed by atoms with Crippen molar-refractivity contribution in [2.24, 2.45) is 23.7 Å². The number of likely N-dealkylation sites (tertiary alicyclic amines) is 1. The third kappa shape index (κ3) is 9.52. The number of nitrogens with zero attached hydrogens (tertiary/aromatic N) is 3. The van der Waals surface area contributed by atoms with Gasteiger partial charge in [-0.1, -0.05) is 67.2 Å². The number of hydrogen-bond donors (Lipinski definition) is 3. The molecule has 0 radical (unpaired) electrons. The van der Waals surface area contributed by atoms with Gasteiger partial charge in [0.25, 0.3) is 0 Å². The minimum atomic E-state index is -1.14. The van der Waals surface area contributed by atoms with Crippen LogP contribution >= 0.6 is 11.3 Å². The van der Waals surface area contributed by atoms with Gasteiger partial charge in [0.05, 0.1) is 6.17 Å². The van der Waals surface area contributed by atoms with Crippen molar-refractivity contribution in [1.29, 1.82) is 0 Å². The highest BCUT2D eigenvalue weighted by molar-refractivity contribution is 7.09. The van der Waals surface area contributed by atoms with Gasteiger partial charge in [-0.2, -0.15) is 0 Å². The molecule has 10 heteroatoms. The van der Waals surface area contributed by atoms with E-state index in [0.717, 1.165) is 56.4 Å². The van der Waals surface area contributed by atoms with E-state index in [0.29, 0.717) is 23.9 Å². The Bertz CT molecular complexity index is 954. The molecule has 1 saturated heterocycles. The lowest BCUT2D eigenvalue weighted by Gasteiger charge is -2.40. The number of aliphatic hydroxyl groups is 1. The summed E-state index contributed by atoms with van der Waals surface area (Å²) in [4.78, 5) is 47.6. The van der Waals surface area contributed by atoms with E-state index in [9.17, 15) is 24.6 Å². The molecule has 9 nitrogen and oxygen atoms in total. The zero-order chi connectivity index (χ0) is 30.0. The zero-order valence-corrected chi connectivity index (χ0v) is 26.4. The average Bonchev–Trinajstić information content (AvgIpc) is 3.40. The second kappa shape index (κ2) is 16.4. The van der Waals surface area contributed by atoms with Gasteiger partial charge in [0.1, 0.15) is 17.0 Å².